The highest BCUT2D eigenvalue weighted by Gasteiger charge is 2.88. The van der Waals surface area contributed by atoms with Crippen molar-refractivity contribution in [3.8, 4) is 0 Å². The summed E-state index contributed by atoms with van der Waals surface area (Å²) in [6.07, 6.45) is 3.10. The number of rotatable bonds is 0. The van der Waals surface area contributed by atoms with Gasteiger partial charge in [0.05, 0.1) is 5.75 Å². The van der Waals surface area contributed by atoms with Gasteiger partial charge in [-0.15, -0.1) is 0 Å². The van der Waals surface area contributed by atoms with E-state index in [9.17, 15) is 8.42 Å². The summed E-state index contributed by atoms with van der Waals surface area (Å²) in [4.78, 5) is 5.49. The average molecular weight is 229 g/mol. The molecule has 2 bridgehead atoms. The third-order valence-corrected chi connectivity index (χ3v) is 7.35. The molecule has 2 aliphatic carbocycles. The second-order valence-corrected chi connectivity index (χ2v) is 7.89. The van der Waals surface area contributed by atoms with E-state index in [4.69, 9.17) is 4.84 Å². The summed E-state index contributed by atoms with van der Waals surface area (Å²) in [5.41, 5.74) is -0.424. The molecule has 2 heterocycles. The van der Waals surface area contributed by atoms with Gasteiger partial charge in [-0.1, -0.05) is 13.8 Å². The number of hydroxylamine groups is 1. The first-order chi connectivity index (χ1) is 6.86. The molecule has 0 amide bonds. The predicted molar refractivity (Wildman–Crippen MR) is 53.0 cm³/mol. The molecule has 0 N–H and O–H groups in total. The molecular formula is C10H15NO3S. The molecule has 0 aromatic heterocycles. The Kier molecular flexibility index (Phi) is 1.13. The zero-order valence-corrected chi connectivity index (χ0v) is 9.80. The second kappa shape index (κ2) is 1.89. The van der Waals surface area contributed by atoms with Crippen LogP contribution in [0.5, 0.6) is 0 Å². The van der Waals surface area contributed by atoms with Gasteiger partial charge in [0.1, 0.15) is 0 Å². The molecule has 4 atom stereocenters. The van der Waals surface area contributed by atoms with Gasteiger partial charge >= 0.3 is 0 Å². The highest BCUT2D eigenvalue weighted by atomic mass is 32.2. The van der Waals surface area contributed by atoms with Gasteiger partial charge in [0.2, 0.25) is 10.0 Å². The van der Waals surface area contributed by atoms with Crippen LogP contribution in [0.4, 0.5) is 0 Å². The Labute approximate surface area is 89.6 Å². The highest BCUT2D eigenvalue weighted by molar-refractivity contribution is 7.89. The van der Waals surface area contributed by atoms with Gasteiger partial charge < -0.3 is 0 Å². The first-order valence-corrected chi connectivity index (χ1v) is 7.19. The molecule has 0 aromatic rings. The lowest BCUT2D eigenvalue weighted by Gasteiger charge is -2.36. The maximum absolute atomic E-state index is 11.9. The van der Waals surface area contributed by atoms with Gasteiger partial charge in [-0.2, -0.15) is 0 Å². The topological polar surface area (TPSA) is 49.7 Å². The van der Waals surface area contributed by atoms with Crippen LogP contribution in [0, 0.1) is 16.7 Å². The lowest BCUT2D eigenvalue weighted by atomic mass is 9.68. The Morgan fingerprint density at radius 2 is 2.13 bits per heavy atom. The first-order valence-electron chi connectivity index (χ1n) is 5.58. The molecule has 2 saturated heterocycles. The predicted octanol–water partition coefficient (Wildman–Crippen LogP) is 1.10. The molecule has 4 nitrogen and oxygen atoms in total. The van der Waals surface area contributed by atoms with Crippen molar-refractivity contribution < 1.29 is 13.3 Å². The van der Waals surface area contributed by atoms with Crippen LogP contribution in [0.1, 0.15) is 33.1 Å². The summed E-state index contributed by atoms with van der Waals surface area (Å²) in [7, 11) is -3.12. The summed E-state index contributed by atoms with van der Waals surface area (Å²) in [6.45, 7) is 4.44. The molecule has 2 aliphatic heterocycles. The normalized spacial score (nSPS) is 61.5. The Hall–Kier alpha value is -0.130. The maximum Gasteiger partial charge on any atom is 0.239 e. The van der Waals surface area contributed by atoms with Crippen LogP contribution in [-0.2, 0) is 14.9 Å². The molecule has 4 rings (SSSR count). The lowest BCUT2D eigenvalue weighted by molar-refractivity contribution is 0.0724. The van der Waals surface area contributed by atoms with Crippen molar-refractivity contribution in [2.24, 2.45) is 16.7 Å². The maximum atomic E-state index is 11.9. The zero-order chi connectivity index (χ0) is 10.7. The fraction of sp³-hybridized carbons (Fsp3) is 1.00. The number of fused-ring (bicyclic) bond motifs is 1. The molecule has 2 spiro atoms. The van der Waals surface area contributed by atoms with Gasteiger partial charge in [-0.05, 0) is 35.1 Å². The summed E-state index contributed by atoms with van der Waals surface area (Å²) in [5.74, 6) is 0.946. The third kappa shape index (κ3) is 0.626. The van der Waals surface area contributed by atoms with E-state index in [-0.39, 0.29) is 10.8 Å². The van der Waals surface area contributed by atoms with Crippen LogP contribution in [0.3, 0.4) is 0 Å². The van der Waals surface area contributed by atoms with Crippen molar-refractivity contribution >= 4 is 10.0 Å². The number of hydrogen-bond acceptors (Lipinski definition) is 3. The quantitative estimate of drug-likeness (QED) is 0.584. The Morgan fingerprint density at radius 3 is 2.67 bits per heavy atom. The summed E-state index contributed by atoms with van der Waals surface area (Å²) >= 11 is 0. The van der Waals surface area contributed by atoms with Gasteiger partial charge in [0.25, 0.3) is 0 Å². The van der Waals surface area contributed by atoms with Crippen molar-refractivity contribution in [2.75, 3.05) is 5.75 Å². The molecule has 84 valence electrons. The molecule has 1 unspecified atom stereocenters. The van der Waals surface area contributed by atoms with E-state index in [2.05, 4.69) is 13.8 Å². The standard InChI is InChI=1S/C10H15NO3S/c1-8(2)7-3-4-9(8)6-15(12,13)11-10(9,5-7)14-11/h7H,3-6H2,1-2H3/t7-,9-,10+,11?/m1/s1. The van der Waals surface area contributed by atoms with Crippen LogP contribution in [0.2, 0.25) is 0 Å². The largest absolute Gasteiger partial charge is 0.255 e. The van der Waals surface area contributed by atoms with Crippen LogP contribution in [0.15, 0.2) is 0 Å². The molecule has 0 aromatic carbocycles. The van der Waals surface area contributed by atoms with Crippen LogP contribution in [-0.4, -0.2) is 24.4 Å². The summed E-state index contributed by atoms with van der Waals surface area (Å²) < 4.78 is 25.1. The Morgan fingerprint density at radius 1 is 1.40 bits per heavy atom. The SMILES string of the molecule is CC1(C)[C@@H]2CC[C@@]13CS(=O)(=O)N1O[C@]13C2. The van der Waals surface area contributed by atoms with Crippen LogP contribution >= 0.6 is 0 Å². The van der Waals surface area contributed by atoms with Gasteiger partial charge in [0, 0.05) is 5.41 Å². The number of nitrogens with zero attached hydrogens (tertiary/aromatic N) is 1. The Bertz CT molecular complexity index is 471. The lowest BCUT2D eigenvalue weighted by Crippen LogP contribution is -2.41. The zero-order valence-electron chi connectivity index (χ0n) is 8.99. The Balaban J connectivity index is 1.99. The fourth-order valence-electron chi connectivity index (χ4n) is 4.59. The van der Waals surface area contributed by atoms with E-state index < -0.39 is 15.7 Å². The van der Waals surface area contributed by atoms with Crippen LogP contribution in [0.25, 0.3) is 0 Å². The van der Waals surface area contributed by atoms with E-state index in [1.165, 1.54) is 10.9 Å². The summed E-state index contributed by atoms with van der Waals surface area (Å²) in [6, 6.07) is 0. The molecule has 4 aliphatic rings. The van der Waals surface area contributed by atoms with E-state index in [0.29, 0.717) is 11.7 Å². The molecule has 4 fully saturated rings. The van der Waals surface area contributed by atoms with E-state index in [0.717, 1.165) is 12.8 Å². The summed E-state index contributed by atoms with van der Waals surface area (Å²) in [5, 5.41) is 0. The minimum absolute atomic E-state index is 0.116. The average Bonchev–Trinajstić information content (AvgIpc) is 2.70. The van der Waals surface area contributed by atoms with Gasteiger partial charge in [-0.3, -0.25) is 4.84 Å². The molecule has 5 heteroatoms. The smallest absolute Gasteiger partial charge is 0.239 e. The van der Waals surface area contributed by atoms with Crippen LogP contribution < -0.4 is 0 Å². The van der Waals surface area contributed by atoms with Crippen molar-refractivity contribution in [3.63, 3.8) is 0 Å². The van der Waals surface area contributed by atoms with E-state index >= 15 is 0 Å². The fourth-order valence-corrected chi connectivity index (χ4v) is 7.01. The molecule has 0 radical (unpaired) electrons. The second-order valence-electron chi connectivity index (χ2n) is 6.10. The minimum Gasteiger partial charge on any atom is -0.255 e. The van der Waals surface area contributed by atoms with Gasteiger partial charge in [0.15, 0.2) is 5.72 Å². The monoisotopic (exact) mass is 229 g/mol. The van der Waals surface area contributed by atoms with Crippen molar-refractivity contribution in [1.82, 2.24) is 4.47 Å². The number of hydrogen-bond donors (Lipinski definition) is 0. The van der Waals surface area contributed by atoms with Gasteiger partial charge in [-0.25, -0.2) is 8.42 Å². The molecule has 2 saturated carbocycles. The van der Waals surface area contributed by atoms with Crippen molar-refractivity contribution in [3.05, 3.63) is 0 Å². The molecular weight excluding hydrogens is 214 g/mol. The van der Waals surface area contributed by atoms with Crippen molar-refractivity contribution in [2.45, 2.75) is 38.8 Å². The minimum atomic E-state index is -3.12. The van der Waals surface area contributed by atoms with E-state index in [1.807, 2.05) is 0 Å². The van der Waals surface area contributed by atoms with Crippen molar-refractivity contribution in [1.29, 1.82) is 0 Å². The van der Waals surface area contributed by atoms with E-state index in [1.54, 1.807) is 0 Å². The third-order valence-electron chi connectivity index (χ3n) is 5.62. The molecule has 15 heavy (non-hydrogen) atoms. The number of sulfonamides is 1. The highest BCUT2D eigenvalue weighted by Crippen LogP contribution is 2.80. The first kappa shape index (κ1) is 8.96.